The molecule has 1 saturated carbocycles. The Morgan fingerprint density at radius 3 is 2.54 bits per heavy atom. The summed E-state index contributed by atoms with van der Waals surface area (Å²) in [5, 5.41) is 11.1. The van der Waals surface area contributed by atoms with Gasteiger partial charge in [-0.2, -0.15) is 0 Å². The number of halogens is 3. The summed E-state index contributed by atoms with van der Waals surface area (Å²) in [5.41, 5.74) is 0.475. The molecule has 9 heteroatoms. The van der Waals surface area contributed by atoms with E-state index in [9.17, 15) is 14.9 Å². The van der Waals surface area contributed by atoms with Crippen LogP contribution in [-0.2, 0) is 0 Å². The van der Waals surface area contributed by atoms with Gasteiger partial charge in [0.15, 0.2) is 0 Å². The van der Waals surface area contributed by atoms with E-state index in [0.717, 1.165) is 24.2 Å². The molecule has 2 aromatic rings. The van der Waals surface area contributed by atoms with Crippen LogP contribution in [0.25, 0.3) is 0 Å². The van der Waals surface area contributed by atoms with E-state index in [-0.39, 0.29) is 16.6 Å². The summed E-state index contributed by atoms with van der Waals surface area (Å²) in [7, 11) is 0. The van der Waals surface area contributed by atoms with E-state index in [2.05, 4.69) is 0 Å². The van der Waals surface area contributed by atoms with Gasteiger partial charge in [0.1, 0.15) is 9.36 Å². The van der Waals surface area contributed by atoms with Gasteiger partial charge in [0.05, 0.1) is 20.5 Å². The molecule has 1 aromatic carbocycles. The average Bonchev–Trinajstić information content (AvgIpc) is 3.28. The molecule has 1 aliphatic carbocycles. The van der Waals surface area contributed by atoms with Crippen molar-refractivity contribution < 1.29 is 9.72 Å². The molecule has 0 aliphatic heterocycles. The van der Waals surface area contributed by atoms with Crippen molar-refractivity contribution in [2.75, 3.05) is 11.4 Å². The number of hydrogen-bond donors (Lipinski definition) is 0. The lowest BCUT2D eigenvalue weighted by atomic mass is 10.2. The lowest BCUT2D eigenvalue weighted by molar-refractivity contribution is -0.384. The Bertz CT molecular complexity index is 820. The Hall–Kier alpha value is -1.34. The number of thiophene rings is 1. The third kappa shape index (κ3) is 3.67. The maximum atomic E-state index is 12.9. The first-order valence-electron chi connectivity index (χ1n) is 7.07. The van der Waals surface area contributed by atoms with Crippen molar-refractivity contribution in [2.45, 2.75) is 12.8 Å². The molecule has 0 atom stereocenters. The summed E-state index contributed by atoms with van der Waals surface area (Å²) in [4.78, 5) is 24.9. The zero-order valence-electron chi connectivity index (χ0n) is 12.2. The van der Waals surface area contributed by atoms with E-state index in [0.29, 0.717) is 32.4 Å². The summed E-state index contributed by atoms with van der Waals surface area (Å²) in [5.74, 6) is 0.0586. The minimum Gasteiger partial charge on any atom is -0.308 e. The molecule has 0 unspecified atom stereocenters. The van der Waals surface area contributed by atoms with Gasteiger partial charge in [-0.05, 0) is 37.0 Å². The third-order valence-electron chi connectivity index (χ3n) is 3.71. The van der Waals surface area contributed by atoms with Crippen LogP contribution >= 0.6 is 46.1 Å². The van der Waals surface area contributed by atoms with Crippen molar-refractivity contribution in [3.8, 4) is 0 Å². The van der Waals surface area contributed by atoms with Crippen molar-refractivity contribution >= 4 is 63.4 Å². The minimum atomic E-state index is -0.569. The average molecular weight is 406 g/mol. The fourth-order valence-corrected chi connectivity index (χ4v) is 3.94. The van der Waals surface area contributed by atoms with Crippen LogP contribution in [0.3, 0.4) is 0 Å². The standard InChI is InChI=1S/C15H11Cl3N2O3S/c16-11-4-3-9(5-12(11)20(22)23)19(7-8-1-2-8)15(21)10-6-13(17)24-14(10)18/h3-6,8H,1-2,7H2. The molecule has 0 radical (unpaired) electrons. The van der Waals surface area contributed by atoms with Crippen LogP contribution in [0.5, 0.6) is 0 Å². The molecule has 1 fully saturated rings. The number of nitro groups is 1. The van der Waals surface area contributed by atoms with E-state index in [1.807, 2.05) is 0 Å². The van der Waals surface area contributed by atoms with Crippen molar-refractivity contribution in [2.24, 2.45) is 5.92 Å². The highest BCUT2D eigenvalue weighted by atomic mass is 35.5. The molecule has 0 saturated heterocycles. The number of carbonyl (C=O) groups is 1. The van der Waals surface area contributed by atoms with Crippen LogP contribution in [0.2, 0.25) is 13.7 Å². The smallest absolute Gasteiger partial charge is 0.289 e. The van der Waals surface area contributed by atoms with E-state index < -0.39 is 4.92 Å². The zero-order chi connectivity index (χ0) is 17.4. The van der Waals surface area contributed by atoms with Gasteiger partial charge in [-0.3, -0.25) is 14.9 Å². The molecule has 1 aromatic heterocycles. The molecule has 1 heterocycles. The van der Waals surface area contributed by atoms with Crippen molar-refractivity contribution in [1.29, 1.82) is 0 Å². The SMILES string of the molecule is O=C(c1cc(Cl)sc1Cl)N(CC1CC1)c1ccc(Cl)c([N+](=O)[O-])c1. The topological polar surface area (TPSA) is 63.5 Å². The summed E-state index contributed by atoms with van der Waals surface area (Å²) >= 11 is 19.0. The second-order valence-electron chi connectivity index (χ2n) is 5.49. The van der Waals surface area contributed by atoms with Gasteiger partial charge in [-0.25, -0.2) is 0 Å². The highest BCUT2D eigenvalue weighted by Crippen LogP contribution is 2.37. The van der Waals surface area contributed by atoms with Gasteiger partial charge in [-0.15, -0.1) is 11.3 Å². The van der Waals surface area contributed by atoms with Crippen molar-refractivity contribution in [3.63, 3.8) is 0 Å². The fraction of sp³-hybridized carbons (Fsp3) is 0.267. The largest absolute Gasteiger partial charge is 0.308 e. The number of nitrogens with zero attached hydrogens (tertiary/aromatic N) is 2. The van der Waals surface area contributed by atoms with Gasteiger partial charge in [-0.1, -0.05) is 34.8 Å². The first-order valence-corrected chi connectivity index (χ1v) is 9.02. The predicted octanol–water partition coefficient (Wildman–Crippen LogP) is 5.67. The van der Waals surface area contributed by atoms with Crippen LogP contribution in [0.1, 0.15) is 23.2 Å². The zero-order valence-corrected chi connectivity index (χ0v) is 15.3. The molecule has 126 valence electrons. The Labute approximate surface area is 156 Å². The van der Waals surface area contributed by atoms with Crippen LogP contribution in [-0.4, -0.2) is 17.4 Å². The van der Waals surface area contributed by atoms with Gasteiger partial charge in [0, 0.05) is 12.6 Å². The number of anilines is 1. The van der Waals surface area contributed by atoms with E-state index >= 15 is 0 Å². The lowest BCUT2D eigenvalue weighted by Crippen LogP contribution is -2.32. The quantitative estimate of drug-likeness (QED) is 0.475. The monoisotopic (exact) mass is 404 g/mol. The molecule has 3 rings (SSSR count). The molecule has 0 N–H and O–H groups in total. The Kier molecular flexibility index (Phi) is 5.01. The Balaban J connectivity index is 2.00. The van der Waals surface area contributed by atoms with Crippen LogP contribution in [0.4, 0.5) is 11.4 Å². The third-order valence-corrected chi connectivity index (χ3v) is 5.52. The normalized spacial score (nSPS) is 13.8. The van der Waals surface area contributed by atoms with Crippen LogP contribution < -0.4 is 4.90 Å². The molecule has 1 aliphatic rings. The van der Waals surface area contributed by atoms with Gasteiger partial charge >= 0.3 is 0 Å². The minimum absolute atomic E-state index is 0.0270. The molecule has 5 nitrogen and oxygen atoms in total. The Morgan fingerprint density at radius 1 is 1.29 bits per heavy atom. The maximum Gasteiger partial charge on any atom is 0.289 e. The van der Waals surface area contributed by atoms with Crippen molar-refractivity contribution in [1.82, 2.24) is 0 Å². The number of hydrogen-bond acceptors (Lipinski definition) is 4. The highest BCUT2D eigenvalue weighted by molar-refractivity contribution is 7.20. The van der Waals surface area contributed by atoms with Crippen LogP contribution in [0, 0.1) is 16.0 Å². The van der Waals surface area contributed by atoms with E-state index in [1.54, 1.807) is 6.07 Å². The summed E-state index contributed by atoms with van der Waals surface area (Å²) in [6.45, 7) is 0.474. The van der Waals surface area contributed by atoms with Crippen molar-refractivity contribution in [3.05, 3.63) is 53.6 Å². The predicted molar refractivity (Wildman–Crippen MR) is 96.8 cm³/mol. The molecule has 0 bridgehead atoms. The second-order valence-corrected chi connectivity index (χ2v) is 8.18. The molecule has 1 amide bonds. The molecule has 0 spiro atoms. The Morgan fingerprint density at radius 2 is 2.00 bits per heavy atom. The van der Waals surface area contributed by atoms with Crippen LogP contribution in [0.15, 0.2) is 24.3 Å². The molecular weight excluding hydrogens is 395 g/mol. The van der Waals surface area contributed by atoms with E-state index in [1.165, 1.54) is 23.1 Å². The number of amides is 1. The second kappa shape index (κ2) is 6.88. The molecule has 24 heavy (non-hydrogen) atoms. The summed E-state index contributed by atoms with van der Waals surface area (Å²) < 4.78 is 0.714. The number of nitro benzene ring substituents is 1. The molecular formula is C15H11Cl3N2O3S. The van der Waals surface area contributed by atoms with E-state index in [4.69, 9.17) is 34.8 Å². The lowest BCUT2D eigenvalue weighted by Gasteiger charge is -2.22. The summed E-state index contributed by atoms with van der Waals surface area (Å²) in [6, 6.07) is 5.84. The fourth-order valence-electron chi connectivity index (χ4n) is 2.30. The highest BCUT2D eigenvalue weighted by Gasteiger charge is 2.30. The number of benzene rings is 1. The summed E-state index contributed by atoms with van der Waals surface area (Å²) in [6.07, 6.45) is 2.05. The first kappa shape index (κ1) is 17.5. The maximum absolute atomic E-state index is 12.9. The van der Waals surface area contributed by atoms with Gasteiger partial charge in [0.2, 0.25) is 0 Å². The number of carbonyl (C=O) groups excluding carboxylic acids is 1. The first-order chi connectivity index (χ1) is 11.4. The van der Waals surface area contributed by atoms with Gasteiger partial charge in [0.25, 0.3) is 11.6 Å². The van der Waals surface area contributed by atoms with Gasteiger partial charge < -0.3 is 4.90 Å². The number of rotatable bonds is 5.